The van der Waals surface area contributed by atoms with Crippen LogP contribution in [0.3, 0.4) is 0 Å². The van der Waals surface area contributed by atoms with Gasteiger partial charge >= 0.3 is 5.97 Å². The summed E-state index contributed by atoms with van der Waals surface area (Å²) < 4.78 is 4.94. The van der Waals surface area contributed by atoms with Crippen molar-refractivity contribution >= 4 is 17.6 Å². The van der Waals surface area contributed by atoms with Gasteiger partial charge in [-0.25, -0.2) is 0 Å². The van der Waals surface area contributed by atoms with Crippen molar-refractivity contribution in [1.82, 2.24) is 0 Å². The maximum Gasteiger partial charge on any atom is 0.306 e. The SMILES string of the molecule is N#Cc1cccc(NC(=O)COC(=O)C[C@@H]2C=CCC2)c1. The van der Waals surface area contributed by atoms with Gasteiger partial charge < -0.3 is 10.1 Å². The molecule has 0 spiro atoms. The lowest BCUT2D eigenvalue weighted by Gasteiger charge is -2.09. The second-order valence-electron chi connectivity index (χ2n) is 4.87. The van der Waals surface area contributed by atoms with Crippen molar-refractivity contribution in [2.45, 2.75) is 19.3 Å². The molecule has 0 radical (unpaired) electrons. The quantitative estimate of drug-likeness (QED) is 0.665. The summed E-state index contributed by atoms with van der Waals surface area (Å²) >= 11 is 0. The van der Waals surface area contributed by atoms with Gasteiger partial charge in [-0.15, -0.1) is 0 Å². The van der Waals surface area contributed by atoms with Gasteiger partial charge in [0.1, 0.15) is 0 Å². The highest BCUT2D eigenvalue weighted by molar-refractivity contribution is 5.92. The highest BCUT2D eigenvalue weighted by atomic mass is 16.5. The van der Waals surface area contributed by atoms with Crippen molar-refractivity contribution in [3.05, 3.63) is 42.0 Å². The molecule has 5 heteroatoms. The number of nitrogens with zero attached hydrogens (tertiary/aromatic N) is 1. The van der Waals surface area contributed by atoms with Crippen LogP contribution in [0.5, 0.6) is 0 Å². The van der Waals surface area contributed by atoms with Crippen LogP contribution in [0.4, 0.5) is 5.69 Å². The Morgan fingerprint density at radius 2 is 2.29 bits per heavy atom. The molecular weight excluding hydrogens is 268 g/mol. The fraction of sp³-hybridized carbons (Fsp3) is 0.312. The number of esters is 1. The van der Waals surface area contributed by atoms with Crippen LogP contribution in [0, 0.1) is 17.2 Å². The monoisotopic (exact) mass is 284 g/mol. The molecule has 1 aromatic rings. The molecule has 1 N–H and O–H groups in total. The van der Waals surface area contributed by atoms with Crippen LogP contribution >= 0.6 is 0 Å². The molecule has 0 unspecified atom stereocenters. The number of nitriles is 1. The van der Waals surface area contributed by atoms with Crippen molar-refractivity contribution in [3.8, 4) is 6.07 Å². The number of nitrogens with one attached hydrogen (secondary N) is 1. The van der Waals surface area contributed by atoms with Crippen LogP contribution in [-0.4, -0.2) is 18.5 Å². The Hall–Kier alpha value is -2.61. The lowest BCUT2D eigenvalue weighted by atomic mass is 10.1. The summed E-state index contributed by atoms with van der Waals surface area (Å²) in [7, 11) is 0. The van der Waals surface area contributed by atoms with E-state index in [-0.39, 0.29) is 18.5 Å². The molecule has 1 aliphatic rings. The van der Waals surface area contributed by atoms with Gasteiger partial charge in [0.05, 0.1) is 18.1 Å². The van der Waals surface area contributed by atoms with E-state index in [9.17, 15) is 9.59 Å². The summed E-state index contributed by atoms with van der Waals surface area (Å²) in [6.07, 6.45) is 6.32. The van der Waals surface area contributed by atoms with Gasteiger partial charge in [0.2, 0.25) is 0 Å². The van der Waals surface area contributed by atoms with Crippen LogP contribution in [0.15, 0.2) is 36.4 Å². The molecule has 0 aliphatic heterocycles. The number of benzene rings is 1. The van der Waals surface area contributed by atoms with E-state index in [0.717, 1.165) is 12.8 Å². The molecule has 0 aromatic heterocycles. The molecule has 0 bridgehead atoms. The summed E-state index contributed by atoms with van der Waals surface area (Å²) in [5.41, 5.74) is 0.964. The molecule has 0 saturated carbocycles. The van der Waals surface area contributed by atoms with Crippen molar-refractivity contribution < 1.29 is 14.3 Å². The molecule has 2 rings (SSSR count). The molecule has 0 fully saturated rings. The smallest absolute Gasteiger partial charge is 0.306 e. The van der Waals surface area contributed by atoms with Crippen LogP contribution < -0.4 is 5.32 Å². The summed E-state index contributed by atoms with van der Waals surface area (Å²) in [5.74, 6) is -0.555. The summed E-state index contributed by atoms with van der Waals surface area (Å²) in [4.78, 5) is 23.2. The Morgan fingerprint density at radius 3 is 3.00 bits per heavy atom. The summed E-state index contributed by atoms with van der Waals surface area (Å²) in [6.45, 7) is -0.313. The fourth-order valence-corrected chi connectivity index (χ4v) is 2.15. The molecule has 1 atom stereocenters. The van der Waals surface area contributed by atoms with Crippen LogP contribution in [0.2, 0.25) is 0 Å². The molecule has 21 heavy (non-hydrogen) atoms. The lowest BCUT2D eigenvalue weighted by Crippen LogP contribution is -2.21. The molecule has 108 valence electrons. The van der Waals surface area contributed by atoms with E-state index < -0.39 is 5.91 Å². The maximum atomic E-state index is 11.7. The van der Waals surface area contributed by atoms with Gasteiger partial charge in [-0.2, -0.15) is 5.26 Å². The minimum Gasteiger partial charge on any atom is -0.456 e. The van der Waals surface area contributed by atoms with Gasteiger partial charge in [-0.3, -0.25) is 9.59 Å². The van der Waals surface area contributed by atoms with E-state index in [1.54, 1.807) is 24.3 Å². The molecule has 1 aliphatic carbocycles. The van der Waals surface area contributed by atoms with Gasteiger partial charge in [0.25, 0.3) is 5.91 Å². The number of hydrogen-bond acceptors (Lipinski definition) is 4. The van der Waals surface area contributed by atoms with Crippen LogP contribution in [0.1, 0.15) is 24.8 Å². The maximum absolute atomic E-state index is 11.7. The number of allylic oxidation sites excluding steroid dienone is 2. The Balaban J connectivity index is 1.75. The van der Waals surface area contributed by atoms with Crippen molar-refractivity contribution in [2.75, 3.05) is 11.9 Å². The average Bonchev–Trinajstić information content (AvgIpc) is 2.98. The first-order valence-electron chi connectivity index (χ1n) is 6.79. The van der Waals surface area contributed by atoms with Crippen molar-refractivity contribution in [2.24, 2.45) is 5.92 Å². The van der Waals surface area contributed by atoms with E-state index in [4.69, 9.17) is 10.00 Å². The Kier molecular flexibility index (Phi) is 5.10. The zero-order chi connectivity index (χ0) is 15.1. The third kappa shape index (κ3) is 4.77. The molecule has 1 amide bonds. The molecular formula is C16H16N2O3. The first kappa shape index (κ1) is 14.8. The number of carbonyl (C=O) groups is 2. The highest BCUT2D eigenvalue weighted by Gasteiger charge is 2.16. The number of ether oxygens (including phenoxy) is 1. The van der Waals surface area contributed by atoms with Crippen molar-refractivity contribution in [3.63, 3.8) is 0 Å². The predicted molar refractivity (Wildman–Crippen MR) is 77.2 cm³/mol. The predicted octanol–water partition coefficient (Wildman–Crippen LogP) is 2.40. The Labute approximate surface area is 123 Å². The normalized spacial score (nSPS) is 16.2. The topological polar surface area (TPSA) is 79.2 Å². The standard InChI is InChI=1S/C16H16N2O3/c17-10-13-6-3-7-14(8-13)18-15(19)11-21-16(20)9-12-4-1-2-5-12/h1,3-4,6-8,12H,2,5,9,11H2,(H,18,19)/t12-/m1/s1. The lowest BCUT2D eigenvalue weighted by molar-refractivity contribution is -0.147. The summed E-state index contributed by atoms with van der Waals surface area (Å²) in [6, 6.07) is 8.53. The first-order valence-corrected chi connectivity index (χ1v) is 6.79. The highest BCUT2D eigenvalue weighted by Crippen LogP contribution is 2.20. The fourth-order valence-electron chi connectivity index (χ4n) is 2.15. The Morgan fingerprint density at radius 1 is 1.43 bits per heavy atom. The van der Waals surface area contributed by atoms with Crippen LogP contribution in [-0.2, 0) is 14.3 Å². The van der Waals surface area contributed by atoms with E-state index in [1.807, 2.05) is 18.2 Å². The molecule has 1 aromatic carbocycles. The molecule has 5 nitrogen and oxygen atoms in total. The average molecular weight is 284 g/mol. The molecule has 0 heterocycles. The van der Waals surface area contributed by atoms with Gasteiger partial charge in [0, 0.05) is 5.69 Å². The van der Waals surface area contributed by atoms with E-state index in [1.165, 1.54) is 0 Å². The molecule has 0 saturated heterocycles. The number of hydrogen-bond donors (Lipinski definition) is 1. The van der Waals surface area contributed by atoms with Gasteiger partial charge in [0.15, 0.2) is 6.61 Å². The first-order chi connectivity index (χ1) is 10.2. The number of anilines is 1. The van der Waals surface area contributed by atoms with Gasteiger partial charge in [-0.05, 0) is 37.0 Å². The number of carbonyl (C=O) groups excluding carboxylic acids is 2. The largest absolute Gasteiger partial charge is 0.456 e. The minimum atomic E-state index is -0.416. The third-order valence-corrected chi connectivity index (χ3v) is 3.18. The van der Waals surface area contributed by atoms with E-state index >= 15 is 0 Å². The zero-order valence-electron chi connectivity index (χ0n) is 11.5. The van der Waals surface area contributed by atoms with E-state index in [2.05, 4.69) is 5.32 Å². The van der Waals surface area contributed by atoms with Crippen molar-refractivity contribution in [1.29, 1.82) is 5.26 Å². The van der Waals surface area contributed by atoms with Gasteiger partial charge in [-0.1, -0.05) is 18.2 Å². The minimum absolute atomic E-state index is 0.230. The second-order valence-corrected chi connectivity index (χ2v) is 4.87. The Bertz CT molecular complexity index is 602. The third-order valence-electron chi connectivity index (χ3n) is 3.18. The van der Waals surface area contributed by atoms with E-state index in [0.29, 0.717) is 17.7 Å². The number of amides is 1. The zero-order valence-corrected chi connectivity index (χ0v) is 11.5. The number of rotatable bonds is 5. The van der Waals surface area contributed by atoms with Crippen LogP contribution in [0.25, 0.3) is 0 Å². The summed E-state index contributed by atoms with van der Waals surface area (Å²) in [5, 5.41) is 11.4. The second kappa shape index (κ2) is 7.25.